The molecule has 1 amide bonds. The van der Waals surface area contributed by atoms with Crippen molar-refractivity contribution in [2.75, 3.05) is 6.54 Å². The van der Waals surface area contributed by atoms with Gasteiger partial charge in [-0.3, -0.25) is 4.79 Å². The molecule has 1 unspecified atom stereocenters. The van der Waals surface area contributed by atoms with Crippen molar-refractivity contribution in [1.82, 2.24) is 10.3 Å². The van der Waals surface area contributed by atoms with Gasteiger partial charge < -0.3 is 15.5 Å². The molecule has 1 aliphatic carbocycles. The van der Waals surface area contributed by atoms with Crippen molar-refractivity contribution < 1.29 is 9.21 Å². The first-order chi connectivity index (χ1) is 12.3. The molecule has 3 N–H and O–H groups in total. The number of hydrogen-bond acceptors (Lipinski definition) is 5. The van der Waals surface area contributed by atoms with Crippen molar-refractivity contribution >= 4 is 42.1 Å². The quantitative estimate of drug-likeness (QED) is 0.613. The van der Waals surface area contributed by atoms with Gasteiger partial charge in [-0.25, -0.2) is 4.98 Å². The summed E-state index contributed by atoms with van der Waals surface area (Å²) >= 11 is 1.35. The van der Waals surface area contributed by atoms with Crippen LogP contribution in [-0.2, 0) is 0 Å². The molecule has 0 saturated heterocycles. The van der Waals surface area contributed by atoms with E-state index in [0.29, 0.717) is 33.8 Å². The molecule has 144 valence electrons. The Kier molecular flexibility index (Phi) is 7.44. The van der Waals surface area contributed by atoms with Crippen LogP contribution in [0.25, 0.3) is 22.0 Å². The number of furan rings is 1. The molecule has 0 radical (unpaired) electrons. The van der Waals surface area contributed by atoms with Gasteiger partial charge in [0, 0.05) is 18.2 Å². The van der Waals surface area contributed by atoms with Crippen molar-refractivity contribution in [1.29, 1.82) is 0 Å². The highest BCUT2D eigenvalue weighted by Gasteiger charge is 2.32. The van der Waals surface area contributed by atoms with Crippen LogP contribution in [0.15, 0.2) is 53.1 Å². The van der Waals surface area contributed by atoms with Crippen LogP contribution in [0.2, 0.25) is 0 Å². The third kappa shape index (κ3) is 4.71. The van der Waals surface area contributed by atoms with Crippen LogP contribution in [0.5, 0.6) is 0 Å². The van der Waals surface area contributed by atoms with Crippen molar-refractivity contribution in [2.24, 2.45) is 11.7 Å². The summed E-state index contributed by atoms with van der Waals surface area (Å²) in [6.45, 7) is 0.459. The van der Waals surface area contributed by atoms with E-state index in [2.05, 4.69) is 10.3 Å². The highest BCUT2D eigenvalue weighted by molar-refractivity contribution is 7.17. The fraction of sp³-hybridized carbons (Fsp3) is 0.263. The maximum atomic E-state index is 12.9. The Morgan fingerprint density at radius 3 is 2.56 bits per heavy atom. The normalized spacial score (nSPS) is 14.0. The Morgan fingerprint density at radius 2 is 1.96 bits per heavy atom. The van der Waals surface area contributed by atoms with Gasteiger partial charge in [0.2, 0.25) is 0 Å². The molecule has 4 rings (SSSR count). The lowest BCUT2D eigenvalue weighted by Crippen LogP contribution is -2.41. The monoisotopic (exact) mass is 425 g/mol. The van der Waals surface area contributed by atoms with E-state index in [1.807, 2.05) is 42.5 Å². The first kappa shape index (κ1) is 21.4. The van der Waals surface area contributed by atoms with Gasteiger partial charge in [-0.1, -0.05) is 30.3 Å². The summed E-state index contributed by atoms with van der Waals surface area (Å²) in [5.74, 6) is 1.06. The number of nitrogens with two attached hydrogens (primary N) is 1. The van der Waals surface area contributed by atoms with Crippen LogP contribution in [0.1, 0.15) is 22.5 Å². The van der Waals surface area contributed by atoms with Gasteiger partial charge in [0.25, 0.3) is 5.91 Å². The lowest BCUT2D eigenvalue weighted by molar-refractivity contribution is 0.0938. The molecule has 3 aromatic rings. The van der Waals surface area contributed by atoms with Gasteiger partial charge >= 0.3 is 0 Å². The maximum absolute atomic E-state index is 12.9. The third-order valence-electron chi connectivity index (χ3n) is 4.37. The second-order valence-corrected chi connectivity index (χ2v) is 7.19. The molecule has 1 atom stereocenters. The molecule has 1 fully saturated rings. The second-order valence-electron chi connectivity index (χ2n) is 6.19. The highest BCUT2D eigenvalue weighted by Crippen LogP contribution is 2.35. The Hall–Kier alpha value is -1.86. The van der Waals surface area contributed by atoms with Gasteiger partial charge in [-0.15, -0.1) is 36.2 Å². The van der Waals surface area contributed by atoms with E-state index in [9.17, 15) is 4.79 Å². The molecule has 27 heavy (non-hydrogen) atoms. The number of carbonyl (C=O) groups is 1. The zero-order valence-electron chi connectivity index (χ0n) is 14.5. The van der Waals surface area contributed by atoms with Crippen molar-refractivity contribution in [3.63, 3.8) is 0 Å². The fourth-order valence-corrected chi connectivity index (χ4v) is 3.83. The molecule has 1 saturated carbocycles. The minimum absolute atomic E-state index is 0. The van der Waals surface area contributed by atoms with E-state index in [4.69, 9.17) is 10.2 Å². The molecule has 1 aliphatic rings. The van der Waals surface area contributed by atoms with Crippen LogP contribution >= 0.6 is 36.2 Å². The summed E-state index contributed by atoms with van der Waals surface area (Å²) in [4.78, 5) is 18.2. The highest BCUT2D eigenvalue weighted by atomic mass is 35.5. The first-order valence-electron chi connectivity index (χ1n) is 8.37. The van der Waals surface area contributed by atoms with Gasteiger partial charge in [0.05, 0.1) is 12.0 Å². The Bertz CT molecular complexity index is 864. The van der Waals surface area contributed by atoms with Gasteiger partial charge in [0.15, 0.2) is 10.8 Å². The molecule has 5 nitrogen and oxygen atoms in total. The zero-order chi connectivity index (χ0) is 17.2. The Morgan fingerprint density at radius 1 is 1.22 bits per heavy atom. The molecule has 1 aromatic carbocycles. The van der Waals surface area contributed by atoms with E-state index in [1.54, 1.807) is 6.26 Å². The van der Waals surface area contributed by atoms with Crippen LogP contribution in [-0.4, -0.2) is 23.5 Å². The summed E-state index contributed by atoms with van der Waals surface area (Å²) in [6, 6.07) is 13.4. The SMILES string of the molecule is Cl.Cl.NCC(NC(=O)c1sc(-c2ccco2)nc1-c1ccccc1)C1CC1. The smallest absolute Gasteiger partial charge is 0.263 e. The molecule has 2 heterocycles. The number of aromatic nitrogens is 1. The van der Waals surface area contributed by atoms with Crippen LogP contribution in [0.3, 0.4) is 0 Å². The van der Waals surface area contributed by atoms with Crippen LogP contribution in [0.4, 0.5) is 0 Å². The first-order valence-corrected chi connectivity index (χ1v) is 9.19. The molecule has 2 aromatic heterocycles. The van der Waals surface area contributed by atoms with Gasteiger partial charge in [-0.2, -0.15) is 0 Å². The molecule has 0 spiro atoms. The number of amides is 1. The minimum atomic E-state index is -0.114. The number of carbonyl (C=O) groups excluding carboxylic acids is 1. The number of benzene rings is 1. The number of hydrogen-bond donors (Lipinski definition) is 2. The summed E-state index contributed by atoms with van der Waals surface area (Å²) in [6.07, 6.45) is 3.87. The largest absolute Gasteiger partial charge is 0.462 e. The standard InChI is InChI=1S/C19H19N3O2S.2ClH/c20-11-14(12-8-9-12)21-18(23)17-16(13-5-2-1-3-6-13)22-19(25-17)15-7-4-10-24-15;;/h1-7,10,12,14H,8-9,11,20H2,(H,21,23);2*1H. The van der Waals surface area contributed by atoms with E-state index < -0.39 is 0 Å². The summed E-state index contributed by atoms with van der Waals surface area (Å²) < 4.78 is 5.45. The predicted molar refractivity (Wildman–Crippen MR) is 113 cm³/mol. The van der Waals surface area contributed by atoms with Crippen molar-refractivity contribution in [2.45, 2.75) is 18.9 Å². The van der Waals surface area contributed by atoms with Gasteiger partial charge in [0.1, 0.15) is 4.88 Å². The average molecular weight is 426 g/mol. The van der Waals surface area contributed by atoms with E-state index >= 15 is 0 Å². The van der Waals surface area contributed by atoms with E-state index in [0.717, 1.165) is 18.4 Å². The van der Waals surface area contributed by atoms with E-state index in [-0.39, 0.29) is 36.8 Å². The maximum Gasteiger partial charge on any atom is 0.263 e. The number of nitrogens with one attached hydrogen (secondary N) is 1. The van der Waals surface area contributed by atoms with Crippen molar-refractivity contribution in [3.05, 3.63) is 53.6 Å². The Labute approximate surface area is 174 Å². The van der Waals surface area contributed by atoms with Crippen LogP contribution in [0, 0.1) is 5.92 Å². The number of halogens is 2. The number of nitrogens with zero attached hydrogens (tertiary/aromatic N) is 1. The number of rotatable bonds is 6. The molecular weight excluding hydrogens is 405 g/mol. The lowest BCUT2D eigenvalue weighted by atomic mass is 10.1. The van der Waals surface area contributed by atoms with E-state index in [1.165, 1.54) is 11.3 Å². The minimum Gasteiger partial charge on any atom is -0.462 e. The predicted octanol–water partition coefficient (Wildman–Crippen LogP) is 4.38. The third-order valence-corrected chi connectivity index (χ3v) is 5.44. The zero-order valence-corrected chi connectivity index (χ0v) is 16.9. The summed E-state index contributed by atoms with van der Waals surface area (Å²) in [7, 11) is 0. The summed E-state index contributed by atoms with van der Waals surface area (Å²) in [5, 5.41) is 3.79. The molecule has 0 bridgehead atoms. The fourth-order valence-electron chi connectivity index (χ4n) is 2.87. The molecule has 0 aliphatic heterocycles. The lowest BCUT2D eigenvalue weighted by Gasteiger charge is -2.15. The van der Waals surface area contributed by atoms with Crippen LogP contribution < -0.4 is 11.1 Å². The molecular formula is C19H21Cl2N3O2S. The average Bonchev–Trinajstić information content (AvgIpc) is 3.16. The summed E-state index contributed by atoms with van der Waals surface area (Å²) in [5.41, 5.74) is 7.43. The second kappa shape index (κ2) is 9.37. The Balaban J connectivity index is 0.00000131. The topological polar surface area (TPSA) is 81.1 Å². The molecule has 8 heteroatoms. The van der Waals surface area contributed by atoms with Crippen molar-refractivity contribution in [3.8, 4) is 22.0 Å². The van der Waals surface area contributed by atoms with Gasteiger partial charge in [-0.05, 0) is 30.9 Å². The number of thiazole rings is 1.